The Morgan fingerprint density at radius 1 is 1.31 bits per heavy atom. The van der Waals surface area contributed by atoms with Gasteiger partial charge in [-0.25, -0.2) is 14.2 Å². The Morgan fingerprint density at radius 3 is 2.62 bits per heavy atom. The number of benzene rings is 1. The molecule has 1 aromatic heterocycles. The van der Waals surface area contributed by atoms with Crippen LogP contribution >= 0.6 is 23.2 Å². The van der Waals surface area contributed by atoms with Crippen molar-refractivity contribution in [1.29, 1.82) is 0 Å². The topological polar surface area (TPSA) is 59.4 Å². The number of hydrogen-bond acceptors (Lipinski definition) is 4. The van der Waals surface area contributed by atoms with Crippen LogP contribution in [0.1, 0.15) is 31.4 Å². The van der Waals surface area contributed by atoms with Crippen molar-refractivity contribution < 1.29 is 19.0 Å². The SMILES string of the molecule is CCOC(=O)C(C)(O)CCc1c(-c2ccc(C)cc2F)cc(Cl)nc1Cl. The molecule has 1 unspecified atom stereocenters. The highest BCUT2D eigenvalue weighted by Gasteiger charge is 2.32. The summed E-state index contributed by atoms with van der Waals surface area (Å²) in [5, 5.41) is 10.6. The zero-order chi connectivity index (χ0) is 19.5. The molecule has 2 rings (SSSR count). The first-order valence-corrected chi connectivity index (χ1v) is 8.92. The summed E-state index contributed by atoms with van der Waals surface area (Å²) in [6.45, 7) is 4.98. The van der Waals surface area contributed by atoms with E-state index in [2.05, 4.69) is 4.98 Å². The third-order valence-electron chi connectivity index (χ3n) is 4.03. The van der Waals surface area contributed by atoms with Crippen LogP contribution in [0, 0.1) is 12.7 Å². The fourth-order valence-corrected chi connectivity index (χ4v) is 3.11. The zero-order valence-electron chi connectivity index (χ0n) is 14.8. The molecule has 0 aliphatic rings. The minimum Gasteiger partial charge on any atom is -0.464 e. The summed E-state index contributed by atoms with van der Waals surface area (Å²) in [6, 6.07) is 6.35. The van der Waals surface area contributed by atoms with Gasteiger partial charge in [0.15, 0.2) is 5.60 Å². The number of carbonyl (C=O) groups is 1. The van der Waals surface area contributed by atoms with Crippen LogP contribution in [-0.2, 0) is 16.0 Å². The summed E-state index contributed by atoms with van der Waals surface area (Å²) in [6.07, 6.45) is 0.229. The van der Waals surface area contributed by atoms with E-state index in [0.717, 1.165) is 5.56 Å². The Kier molecular flexibility index (Phi) is 6.61. The number of esters is 1. The summed E-state index contributed by atoms with van der Waals surface area (Å²) in [5.41, 5.74) is 0.398. The second-order valence-electron chi connectivity index (χ2n) is 6.24. The monoisotopic (exact) mass is 399 g/mol. The number of nitrogens with zero attached hydrogens (tertiary/aromatic N) is 1. The molecule has 0 saturated carbocycles. The van der Waals surface area contributed by atoms with Crippen LogP contribution in [0.4, 0.5) is 4.39 Å². The minimum atomic E-state index is -1.69. The van der Waals surface area contributed by atoms with Gasteiger partial charge < -0.3 is 9.84 Å². The highest BCUT2D eigenvalue weighted by molar-refractivity contribution is 6.33. The highest BCUT2D eigenvalue weighted by Crippen LogP contribution is 2.34. The number of rotatable bonds is 6. The van der Waals surface area contributed by atoms with Crippen molar-refractivity contribution in [3.05, 3.63) is 51.5 Å². The van der Waals surface area contributed by atoms with Crippen LogP contribution in [0.5, 0.6) is 0 Å². The van der Waals surface area contributed by atoms with Gasteiger partial charge in [-0.15, -0.1) is 0 Å². The first kappa shape index (κ1) is 20.6. The molecule has 1 atom stereocenters. The zero-order valence-corrected chi connectivity index (χ0v) is 16.3. The van der Waals surface area contributed by atoms with Crippen LogP contribution in [0.2, 0.25) is 10.3 Å². The van der Waals surface area contributed by atoms with Gasteiger partial charge in [-0.2, -0.15) is 0 Å². The van der Waals surface area contributed by atoms with Crippen LogP contribution in [0.15, 0.2) is 24.3 Å². The molecule has 0 saturated heterocycles. The van der Waals surface area contributed by atoms with Crippen LogP contribution < -0.4 is 0 Å². The molecule has 1 heterocycles. The summed E-state index contributed by atoms with van der Waals surface area (Å²) >= 11 is 12.2. The Bertz CT molecular complexity index is 825. The number of halogens is 3. The first-order valence-electron chi connectivity index (χ1n) is 8.16. The maximum Gasteiger partial charge on any atom is 0.337 e. The molecule has 0 radical (unpaired) electrons. The van der Waals surface area contributed by atoms with Gasteiger partial charge in [0, 0.05) is 5.56 Å². The Morgan fingerprint density at radius 2 is 2.00 bits per heavy atom. The molecule has 26 heavy (non-hydrogen) atoms. The number of aliphatic hydroxyl groups is 1. The molecule has 1 N–H and O–H groups in total. The first-order chi connectivity index (χ1) is 12.2. The van der Waals surface area contributed by atoms with E-state index in [4.69, 9.17) is 27.9 Å². The van der Waals surface area contributed by atoms with Crippen molar-refractivity contribution in [2.75, 3.05) is 6.61 Å². The highest BCUT2D eigenvalue weighted by atomic mass is 35.5. The van der Waals surface area contributed by atoms with E-state index >= 15 is 0 Å². The quantitative estimate of drug-likeness (QED) is 0.562. The maximum atomic E-state index is 14.5. The van der Waals surface area contributed by atoms with Crippen molar-refractivity contribution in [2.45, 2.75) is 39.2 Å². The van der Waals surface area contributed by atoms with E-state index in [-0.39, 0.29) is 29.8 Å². The van der Waals surface area contributed by atoms with Gasteiger partial charge >= 0.3 is 5.97 Å². The third-order valence-corrected chi connectivity index (χ3v) is 4.54. The molecular weight excluding hydrogens is 380 g/mol. The molecular formula is C19H20Cl2FNO3. The van der Waals surface area contributed by atoms with E-state index < -0.39 is 17.4 Å². The van der Waals surface area contributed by atoms with Crippen molar-refractivity contribution in [2.24, 2.45) is 0 Å². The number of hydrogen-bond donors (Lipinski definition) is 1. The lowest BCUT2D eigenvalue weighted by Crippen LogP contribution is -2.37. The van der Waals surface area contributed by atoms with E-state index in [0.29, 0.717) is 16.7 Å². The molecule has 0 aliphatic carbocycles. The number of ether oxygens (including phenoxy) is 1. The summed E-state index contributed by atoms with van der Waals surface area (Å²) in [5.74, 6) is -1.14. The van der Waals surface area contributed by atoms with Crippen molar-refractivity contribution in [1.82, 2.24) is 4.98 Å². The van der Waals surface area contributed by atoms with E-state index in [9.17, 15) is 14.3 Å². The average molecular weight is 400 g/mol. The maximum absolute atomic E-state index is 14.5. The lowest BCUT2D eigenvalue weighted by atomic mass is 9.92. The smallest absolute Gasteiger partial charge is 0.337 e. The van der Waals surface area contributed by atoms with Gasteiger partial charge in [0.25, 0.3) is 0 Å². The third kappa shape index (κ3) is 4.72. The largest absolute Gasteiger partial charge is 0.464 e. The lowest BCUT2D eigenvalue weighted by Gasteiger charge is -2.22. The Labute approximate surface area is 161 Å². The molecule has 0 amide bonds. The second kappa shape index (κ2) is 8.33. The van der Waals surface area contributed by atoms with Gasteiger partial charge in [0.1, 0.15) is 16.1 Å². The van der Waals surface area contributed by atoms with Crippen LogP contribution in [0.25, 0.3) is 11.1 Å². The van der Waals surface area contributed by atoms with Crippen molar-refractivity contribution in [3.8, 4) is 11.1 Å². The predicted molar refractivity (Wildman–Crippen MR) is 100.0 cm³/mol. The summed E-state index contributed by atoms with van der Waals surface area (Å²) < 4.78 is 19.3. The molecule has 0 aliphatic heterocycles. The fourth-order valence-electron chi connectivity index (χ4n) is 2.58. The molecule has 0 bridgehead atoms. The van der Waals surface area contributed by atoms with Crippen LogP contribution in [-0.4, -0.2) is 28.3 Å². The minimum absolute atomic E-state index is 0.0370. The van der Waals surface area contributed by atoms with E-state index in [1.807, 2.05) is 0 Å². The van der Waals surface area contributed by atoms with Gasteiger partial charge in [0.05, 0.1) is 6.61 Å². The predicted octanol–water partition coefficient (Wildman–Crippen LogP) is 4.75. The number of aromatic nitrogens is 1. The summed E-state index contributed by atoms with van der Waals surface area (Å²) in [7, 11) is 0. The average Bonchev–Trinajstić information content (AvgIpc) is 2.53. The fraction of sp³-hybridized carbons (Fsp3) is 0.368. The number of pyridine rings is 1. The molecule has 2 aromatic rings. The van der Waals surface area contributed by atoms with Gasteiger partial charge in [-0.1, -0.05) is 35.3 Å². The van der Waals surface area contributed by atoms with E-state index in [1.165, 1.54) is 19.1 Å². The van der Waals surface area contributed by atoms with Crippen molar-refractivity contribution >= 4 is 29.2 Å². The normalized spacial score (nSPS) is 13.3. The van der Waals surface area contributed by atoms with Crippen molar-refractivity contribution in [3.63, 3.8) is 0 Å². The summed E-state index contributed by atoms with van der Waals surface area (Å²) in [4.78, 5) is 15.9. The van der Waals surface area contributed by atoms with Crippen LogP contribution in [0.3, 0.4) is 0 Å². The Hall–Kier alpha value is -1.69. The molecule has 4 nitrogen and oxygen atoms in total. The molecule has 0 spiro atoms. The standard InChI is InChI=1S/C19H20Cl2FNO3/c1-4-26-18(24)19(3,25)8-7-13-14(10-16(20)23-17(13)21)12-6-5-11(2)9-15(12)22/h5-6,9-10,25H,4,7-8H2,1-3H3. The molecule has 7 heteroatoms. The lowest BCUT2D eigenvalue weighted by molar-refractivity contribution is -0.163. The second-order valence-corrected chi connectivity index (χ2v) is 6.98. The van der Waals surface area contributed by atoms with Gasteiger partial charge in [0.2, 0.25) is 0 Å². The van der Waals surface area contributed by atoms with E-state index in [1.54, 1.807) is 26.0 Å². The molecule has 0 fully saturated rings. The van der Waals surface area contributed by atoms with Gasteiger partial charge in [-0.3, -0.25) is 0 Å². The van der Waals surface area contributed by atoms with Gasteiger partial charge in [-0.05, 0) is 62.4 Å². The number of aryl methyl sites for hydroxylation is 1. The Balaban J connectivity index is 2.41. The molecule has 1 aromatic carbocycles. The molecule has 140 valence electrons. The number of carbonyl (C=O) groups excluding carboxylic acids is 1.